The first kappa shape index (κ1) is 29.2. The molecule has 3 aliphatic heterocycles. The summed E-state index contributed by atoms with van der Waals surface area (Å²) < 4.78 is 35.7. The third-order valence-corrected chi connectivity index (χ3v) is 11.1. The Kier molecular flexibility index (Phi) is 8.97. The summed E-state index contributed by atoms with van der Waals surface area (Å²) in [5, 5.41) is 0. The molecule has 0 bridgehead atoms. The van der Waals surface area contributed by atoms with Crippen LogP contribution in [0.15, 0.2) is 41.3 Å². The molecule has 2 fully saturated rings. The third kappa shape index (κ3) is 6.29. The van der Waals surface area contributed by atoms with Gasteiger partial charge in [0, 0.05) is 51.9 Å². The number of hydrogen-bond donors (Lipinski definition) is 0. The smallest absolute Gasteiger partial charge is 0.248 e. The van der Waals surface area contributed by atoms with E-state index >= 15 is 0 Å². The summed E-state index contributed by atoms with van der Waals surface area (Å²) in [6.07, 6.45) is 2.55. The van der Waals surface area contributed by atoms with Gasteiger partial charge in [-0.15, -0.1) is 0 Å². The van der Waals surface area contributed by atoms with Crippen LogP contribution >= 0.6 is 0 Å². The molecule has 2 saturated heterocycles. The van der Waals surface area contributed by atoms with Crippen LogP contribution in [-0.2, 0) is 32.5 Å². The number of carbonyl (C=O) groups is 1. The summed E-state index contributed by atoms with van der Waals surface area (Å²) in [7, 11) is -1.60. The summed E-state index contributed by atoms with van der Waals surface area (Å²) in [5.74, 6) is -0.00679. The van der Waals surface area contributed by atoms with Crippen LogP contribution in [-0.4, -0.2) is 105 Å². The lowest BCUT2D eigenvalue weighted by Crippen LogP contribution is -2.53. The molecule has 0 aromatic heterocycles. The normalized spacial score (nSPS) is 21.9. The fourth-order valence-electron chi connectivity index (χ4n) is 6.72. The number of ether oxygens (including phenoxy) is 1. The van der Waals surface area contributed by atoms with E-state index in [1.807, 2.05) is 56.0 Å². The quantitative estimate of drug-likeness (QED) is 0.512. The SMILES string of the molecule is Cc1cc(C)c(S(=O)(=O)N2Cc3ccccc3CC2COCC(=O)N2CCC(N3CCN(C)CC3)CC2)c(C)c1. The zero-order valence-corrected chi connectivity index (χ0v) is 25.3. The highest BCUT2D eigenvalue weighted by atomic mass is 32.2. The van der Waals surface area contributed by atoms with Gasteiger partial charge in [0.25, 0.3) is 0 Å². The molecular weight excluding hydrogens is 524 g/mol. The van der Waals surface area contributed by atoms with E-state index in [1.165, 1.54) is 0 Å². The molecule has 1 atom stereocenters. The molecule has 3 aliphatic rings. The Morgan fingerprint density at radius 2 is 1.55 bits per heavy atom. The van der Waals surface area contributed by atoms with Gasteiger partial charge in [0.15, 0.2) is 0 Å². The van der Waals surface area contributed by atoms with Gasteiger partial charge in [-0.25, -0.2) is 8.42 Å². The first-order valence-corrected chi connectivity index (χ1v) is 16.0. The van der Waals surface area contributed by atoms with Gasteiger partial charge < -0.3 is 14.5 Å². The monoisotopic (exact) mass is 568 g/mol. The van der Waals surface area contributed by atoms with Crippen molar-refractivity contribution in [2.24, 2.45) is 0 Å². The molecule has 1 amide bonds. The average molecular weight is 569 g/mol. The van der Waals surface area contributed by atoms with E-state index in [1.54, 1.807) is 4.31 Å². The molecule has 40 heavy (non-hydrogen) atoms. The predicted molar refractivity (Wildman–Crippen MR) is 157 cm³/mol. The molecule has 0 N–H and O–H groups in total. The van der Waals surface area contributed by atoms with Gasteiger partial charge in [0.2, 0.25) is 15.9 Å². The number of nitrogens with zero attached hydrogens (tertiary/aromatic N) is 4. The number of hydrogen-bond acceptors (Lipinski definition) is 6. The van der Waals surface area contributed by atoms with Crippen molar-refractivity contribution in [2.75, 3.05) is 59.5 Å². The van der Waals surface area contributed by atoms with Gasteiger partial charge in [0.1, 0.15) is 6.61 Å². The van der Waals surface area contributed by atoms with Gasteiger partial charge >= 0.3 is 0 Å². The van der Waals surface area contributed by atoms with Crippen LogP contribution < -0.4 is 0 Å². The summed E-state index contributed by atoms with van der Waals surface area (Å²) in [6.45, 7) is 12.1. The Balaban J connectivity index is 1.22. The van der Waals surface area contributed by atoms with Gasteiger partial charge in [-0.3, -0.25) is 9.69 Å². The number of piperidine rings is 1. The molecule has 1 unspecified atom stereocenters. The van der Waals surface area contributed by atoms with Crippen LogP contribution in [0.2, 0.25) is 0 Å². The van der Waals surface area contributed by atoms with Crippen LogP contribution in [0.4, 0.5) is 0 Å². The Morgan fingerprint density at radius 3 is 2.20 bits per heavy atom. The molecule has 0 radical (unpaired) electrons. The van der Waals surface area contributed by atoms with Gasteiger partial charge in [-0.2, -0.15) is 4.31 Å². The fraction of sp³-hybridized carbons (Fsp3) is 0.581. The largest absolute Gasteiger partial charge is 0.370 e. The molecular formula is C31H44N4O4S. The van der Waals surface area contributed by atoms with Crippen molar-refractivity contribution in [3.05, 3.63) is 64.2 Å². The number of rotatable bonds is 7. The van der Waals surface area contributed by atoms with Crippen molar-refractivity contribution in [1.82, 2.24) is 19.0 Å². The summed E-state index contributed by atoms with van der Waals surface area (Å²) in [6, 6.07) is 12.0. The highest BCUT2D eigenvalue weighted by Crippen LogP contribution is 2.32. The molecule has 5 rings (SSSR count). The Bertz CT molecular complexity index is 1290. The highest BCUT2D eigenvalue weighted by molar-refractivity contribution is 7.89. The fourth-order valence-corrected chi connectivity index (χ4v) is 8.72. The summed E-state index contributed by atoms with van der Waals surface area (Å²) in [4.78, 5) is 20.3. The molecule has 218 valence electrons. The van der Waals surface area contributed by atoms with Crippen LogP contribution in [0, 0.1) is 20.8 Å². The third-order valence-electron chi connectivity index (χ3n) is 8.89. The Hall–Kier alpha value is -2.30. The second-order valence-corrected chi connectivity index (χ2v) is 13.7. The van der Waals surface area contributed by atoms with Crippen LogP contribution in [0.1, 0.15) is 40.7 Å². The maximum Gasteiger partial charge on any atom is 0.248 e. The van der Waals surface area contributed by atoms with Crippen molar-refractivity contribution in [2.45, 2.75) is 63.6 Å². The second kappa shape index (κ2) is 12.3. The molecule has 0 saturated carbocycles. The van der Waals surface area contributed by atoms with Crippen molar-refractivity contribution in [1.29, 1.82) is 0 Å². The number of sulfonamides is 1. The van der Waals surface area contributed by atoms with E-state index in [0.29, 0.717) is 23.9 Å². The van der Waals surface area contributed by atoms with Crippen LogP contribution in [0.25, 0.3) is 0 Å². The van der Waals surface area contributed by atoms with Crippen molar-refractivity contribution >= 4 is 15.9 Å². The first-order valence-electron chi connectivity index (χ1n) is 14.6. The van der Waals surface area contributed by atoms with Crippen molar-refractivity contribution in [3.63, 3.8) is 0 Å². The molecule has 9 heteroatoms. The van der Waals surface area contributed by atoms with Crippen LogP contribution in [0.5, 0.6) is 0 Å². The maximum absolute atomic E-state index is 14.1. The number of aryl methyl sites for hydroxylation is 3. The van der Waals surface area contributed by atoms with E-state index in [4.69, 9.17) is 4.74 Å². The number of likely N-dealkylation sites (tertiary alicyclic amines) is 1. The Labute approximate surface area is 239 Å². The molecule has 2 aromatic carbocycles. The first-order chi connectivity index (χ1) is 19.1. The standard InChI is InChI=1S/C31H44N4O4S/c1-23-17-24(2)31(25(3)18-23)40(37,38)35-20-27-8-6-5-7-26(27)19-29(35)21-39-22-30(36)34-11-9-28(10-12-34)33-15-13-32(4)14-16-33/h5-8,17-18,28-29H,9-16,19-22H2,1-4H3. The average Bonchev–Trinajstić information content (AvgIpc) is 2.92. The minimum absolute atomic E-state index is 0.00679. The predicted octanol–water partition coefficient (Wildman–Crippen LogP) is 2.98. The number of piperazine rings is 1. The van der Waals surface area contributed by atoms with E-state index in [-0.39, 0.29) is 25.2 Å². The molecule has 8 nitrogen and oxygen atoms in total. The number of amides is 1. The Morgan fingerprint density at radius 1 is 0.925 bits per heavy atom. The van der Waals surface area contributed by atoms with E-state index in [2.05, 4.69) is 22.9 Å². The van der Waals surface area contributed by atoms with Crippen LogP contribution in [0.3, 0.4) is 0 Å². The minimum atomic E-state index is -3.77. The molecule has 3 heterocycles. The number of fused-ring (bicyclic) bond motifs is 1. The van der Waals surface area contributed by atoms with E-state index in [0.717, 1.165) is 79.9 Å². The zero-order valence-electron chi connectivity index (χ0n) is 24.4. The lowest BCUT2D eigenvalue weighted by atomic mass is 9.96. The molecule has 2 aromatic rings. The lowest BCUT2D eigenvalue weighted by molar-refractivity contribution is -0.138. The van der Waals surface area contributed by atoms with Crippen molar-refractivity contribution < 1.29 is 17.9 Å². The highest BCUT2D eigenvalue weighted by Gasteiger charge is 2.37. The second-order valence-electron chi connectivity index (χ2n) is 11.9. The van der Waals surface area contributed by atoms with Gasteiger partial charge in [-0.1, -0.05) is 42.0 Å². The number of carbonyl (C=O) groups excluding carboxylic acids is 1. The number of likely N-dealkylation sites (N-methyl/N-ethyl adjacent to an activating group) is 1. The van der Waals surface area contributed by atoms with Gasteiger partial charge in [-0.05, 0) is 69.3 Å². The maximum atomic E-state index is 14.1. The molecule has 0 aliphatic carbocycles. The zero-order chi connectivity index (χ0) is 28.4. The van der Waals surface area contributed by atoms with E-state index in [9.17, 15) is 13.2 Å². The van der Waals surface area contributed by atoms with E-state index < -0.39 is 10.0 Å². The van der Waals surface area contributed by atoms with Gasteiger partial charge in [0.05, 0.1) is 17.5 Å². The number of benzene rings is 2. The topological polar surface area (TPSA) is 73.4 Å². The van der Waals surface area contributed by atoms with Crippen molar-refractivity contribution in [3.8, 4) is 0 Å². The lowest BCUT2D eigenvalue weighted by Gasteiger charge is -2.42. The minimum Gasteiger partial charge on any atom is -0.370 e. The summed E-state index contributed by atoms with van der Waals surface area (Å²) >= 11 is 0. The summed E-state index contributed by atoms with van der Waals surface area (Å²) in [5.41, 5.74) is 4.71. The molecule has 0 spiro atoms.